The summed E-state index contributed by atoms with van der Waals surface area (Å²) in [6.07, 6.45) is 4.93. The molecule has 0 radical (unpaired) electrons. The van der Waals surface area contributed by atoms with E-state index in [4.69, 9.17) is 5.73 Å². The summed E-state index contributed by atoms with van der Waals surface area (Å²) in [7, 11) is 0. The zero-order valence-electron chi connectivity index (χ0n) is 8.08. The van der Waals surface area contributed by atoms with Gasteiger partial charge in [-0.15, -0.1) is 0 Å². The van der Waals surface area contributed by atoms with Crippen LogP contribution in [0.5, 0.6) is 0 Å². The van der Waals surface area contributed by atoms with Gasteiger partial charge in [-0.3, -0.25) is 5.01 Å². The molecule has 0 saturated heterocycles. The molecule has 0 unspecified atom stereocenters. The average molecular weight is 169 g/mol. The first-order chi connectivity index (χ1) is 5.79. The molecule has 0 fully saturated rings. The van der Waals surface area contributed by atoms with E-state index in [9.17, 15) is 0 Å². The van der Waals surface area contributed by atoms with Crippen molar-refractivity contribution in [1.82, 2.24) is 5.01 Å². The zero-order valence-corrected chi connectivity index (χ0v) is 8.08. The molecule has 2 N–H and O–H groups in total. The second-order valence-corrected chi connectivity index (χ2v) is 2.62. The lowest BCUT2D eigenvalue weighted by Gasteiger charge is -2.18. The van der Waals surface area contributed by atoms with Crippen LogP contribution in [0, 0.1) is 0 Å². The van der Waals surface area contributed by atoms with Gasteiger partial charge in [0.1, 0.15) is 0 Å². The number of nitrogens with two attached hydrogens (primary N) is 1. The third-order valence-corrected chi connectivity index (χ3v) is 1.78. The van der Waals surface area contributed by atoms with Gasteiger partial charge in [-0.05, 0) is 19.8 Å². The number of allylic oxidation sites excluding steroid dienone is 1. The monoisotopic (exact) mass is 169 g/mol. The minimum absolute atomic E-state index is 0.830. The average Bonchev–Trinajstić information content (AvgIpc) is 2.12. The molecule has 3 nitrogen and oxygen atoms in total. The first kappa shape index (κ1) is 11.0. The highest BCUT2D eigenvalue weighted by Crippen LogP contribution is 2.11. The Hall–Kier alpha value is -0.990. The van der Waals surface area contributed by atoms with E-state index < -0.39 is 0 Å². The van der Waals surface area contributed by atoms with Crippen molar-refractivity contribution in [3.8, 4) is 0 Å². The van der Waals surface area contributed by atoms with E-state index in [1.807, 2.05) is 11.9 Å². The summed E-state index contributed by atoms with van der Waals surface area (Å²) >= 11 is 0. The van der Waals surface area contributed by atoms with Crippen molar-refractivity contribution in [1.29, 1.82) is 0 Å². The van der Waals surface area contributed by atoms with E-state index in [-0.39, 0.29) is 0 Å². The second-order valence-electron chi connectivity index (χ2n) is 2.62. The molecule has 0 amide bonds. The Morgan fingerprint density at radius 2 is 2.25 bits per heavy atom. The van der Waals surface area contributed by atoms with Gasteiger partial charge < -0.3 is 5.73 Å². The quantitative estimate of drug-likeness (QED) is 0.487. The SMILES string of the molecule is C=NN(CC)/C(=C\N)CCCC. The van der Waals surface area contributed by atoms with E-state index in [0.717, 1.165) is 25.1 Å². The van der Waals surface area contributed by atoms with Crippen LogP contribution in [0.15, 0.2) is 17.0 Å². The predicted molar refractivity (Wildman–Crippen MR) is 53.7 cm³/mol. The van der Waals surface area contributed by atoms with Gasteiger partial charge in [0, 0.05) is 19.5 Å². The summed E-state index contributed by atoms with van der Waals surface area (Å²) in [5, 5.41) is 5.69. The normalized spacial score (nSPS) is 11.3. The van der Waals surface area contributed by atoms with Crippen molar-refractivity contribution in [3.63, 3.8) is 0 Å². The first-order valence-electron chi connectivity index (χ1n) is 4.45. The van der Waals surface area contributed by atoms with Crippen LogP contribution in [0.4, 0.5) is 0 Å². The molecule has 0 rings (SSSR count). The molecule has 0 atom stereocenters. The molecule has 70 valence electrons. The van der Waals surface area contributed by atoms with Crippen LogP contribution >= 0.6 is 0 Å². The lowest BCUT2D eigenvalue weighted by Crippen LogP contribution is -2.16. The molecule has 0 aromatic carbocycles. The molecule has 0 aliphatic carbocycles. The highest BCUT2D eigenvalue weighted by molar-refractivity contribution is 5.23. The van der Waals surface area contributed by atoms with Crippen LogP contribution in [0.2, 0.25) is 0 Å². The van der Waals surface area contributed by atoms with Gasteiger partial charge >= 0.3 is 0 Å². The fraction of sp³-hybridized carbons (Fsp3) is 0.667. The summed E-state index contributed by atoms with van der Waals surface area (Å²) in [6, 6.07) is 0. The third kappa shape index (κ3) is 3.42. The Kier molecular flexibility index (Phi) is 6.15. The summed E-state index contributed by atoms with van der Waals surface area (Å²) in [4.78, 5) is 0. The predicted octanol–water partition coefficient (Wildman–Crippen LogP) is 1.91. The zero-order chi connectivity index (χ0) is 9.40. The largest absolute Gasteiger partial charge is 0.403 e. The van der Waals surface area contributed by atoms with Gasteiger partial charge in [0.15, 0.2) is 0 Å². The van der Waals surface area contributed by atoms with Crippen LogP contribution in [0.25, 0.3) is 0 Å². The number of hydrogen-bond acceptors (Lipinski definition) is 3. The Labute approximate surface area is 74.9 Å². The summed E-state index contributed by atoms with van der Waals surface area (Å²) in [6.45, 7) is 8.51. The van der Waals surface area contributed by atoms with E-state index in [2.05, 4.69) is 18.7 Å². The fourth-order valence-corrected chi connectivity index (χ4v) is 1.05. The van der Waals surface area contributed by atoms with Crippen molar-refractivity contribution in [2.24, 2.45) is 10.8 Å². The molecule has 0 heterocycles. The Balaban J connectivity index is 4.04. The molecular weight excluding hydrogens is 150 g/mol. The molecule has 0 aliphatic rings. The third-order valence-electron chi connectivity index (χ3n) is 1.78. The summed E-state index contributed by atoms with van der Waals surface area (Å²) in [5.74, 6) is 0. The van der Waals surface area contributed by atoms with E-state index in [1.54, 1.807) is 6.20 Å². The van der Waals surface area contributed by atoms with E-state index in [0.29, 0.717) is 0 Å². The van der Waals surface area contributed by atoms with Crippen LogP contribution < -0.4 is 5.73 Å². The van der Waals surface area contributed by atoms with Crippen LogP contribution in [0.1, 0.15) is 33.1 Å². The van der Waals surface area contributed by atoms with Crippen LogP contribution in [-0.4, -0.2) is 18.3 Å². The molecule has 3 heteroatoms. The maximum absolute atomic E-state index is 5.47. The van der Waals surface area contributed by atoms with Crippen LogP contribution in [-0.2, 0) is 0 Å². The number of nitrogens with zero attached hydrogens (tertiary/aromatic N) is 2. The number of rotatable bonds is 6. The highest BCUT2D eigenvalue weighted by Gasteiger charge is 2.02. The standard InChI is InChI=1S/C9H19N3/c1-4-6-7-9(8-10)12(5-2)11-3/h8H,3-7,10H2,1-2H3/b9-8-. The van der Waals surface area contributed by atoms with E-state index >= 15 is 0 Å². The topological polar surface area (TPSA) is 41.6 Å². The van der Waals surface area contributed by atoms with Gasteiger partial charge in [-0.1, -0.05) is 13.3 Å². The van der Waals surface area contributed by atoms with E-state index in [1.165, 1.54) is 6.42 Å². The molecular formula is C9H19N3. The van der Waals surface area contributed by atoms with Gasteiger partial charge in [0.2, 0.25) is 0 Å². The highest BCUT2D eigenvalue weighted by atomic mass is 15.4. The van der Waals surface area contributed by atoms with Crippen LogP contribution in [0.3, 0.4) is 0 Å². The second kappa shape index (κ2) is 6.70. The minimum Gasteiger partial charge on any atom is -0.403 e. The lowest BCUT2D eigenvalue weighted by atomic mass is 10.2. The van der Waals surface area contributed by atoms with Crippen molar-refractivity contribution >= 4 is 6.72 Å². The van der Waals surface area contributed by atoms with Crippen molar-refractivity contribution < 1.29 is 0 Å². The smallest absolute Gasteiger partial charge is 0.0521 e. The molecule has 0 aliphatic heterocycles. The van der Waals surface area contributed by atoms with Crippen molar-refractivity contribution in [2.45, 2.75) is 33.1 Å². The first-order valence-corrected chi connectivity index (χ1v) is 4.45. The van der Waals surface area contributed by atoms with Gasteiger partial charge in [-0.25, -0.2) is 0 Å². The minimum atomic E-state index is 0.830. The van der Waals surface area contributed by atoms with Gasteiger partial charge in [0.25, 0.3) is 0 Å². The molecule has 0 aromatic rings. The van der Waals surface area contributed by atoms with Gasteiger partial charge in [0.05, 0.1) is 5.70 Å². The summed E-state index contributed by atoms with van der Waals surface area (Å²) in [5.41, 5.74) is 6.54. The maximum atomic E-state index is 5.47. The summed E-state index contributed by atoms with van der Waals surface area (Å²) < 4.78 is 0. The lowest BCUT2D eigenvalue weighted by molar-refractivity contribution is 0.368. The Morgan fingerprint density at radius 3 is 2.58 bits per heavy atom. The number of unbranched alkanes of at least 4 members (excludes halogenated alkanes) is 1. The molecule has 0 aromatic heterocycles. The molecule has 0 saturated carbocycles. The Morgan fingerprint density at radius 1 is 1.58 bits per heavy atom. The number of hydrazone groups is 1. The fourth-order valence-electron chi connectivity index (χ4n) is 1.05. The maximum Gasteiger partial charge on any atom is 0.0521 e. The van der Waals surface area contributed by atoms with Crippen molar-refractivity contribution in [3.05, 3.63) is 11.9 Å². The number of hydrogen-bond donors (Lipinski definition) is 1. The molecule has 12 heavy (non-hydrogen) atoms. The molecule has 0 spiro atoms. The van der Waals surface area contributed by atoms with Crippen molar-refractivity contribution in [2.75, 3.05) is 6.54 Å². The van der Waals surface area contributed by atoms with Gasteiger partial charge in [-0.2, -0.15) is 5.10 Å². The molecule has 0 bridgehead atoms. The Bertz CT molecular complexity index is 152.